The van der Waals surface area contributed by atoms with Crippen LogP contribution in [0.4, 0.5) is 0 Å². The molecule has 1 heterocycles. The Hall–Kier alpha value is -1.19. The van der Waals surface area contributed by atoms with E-state index in [1.807, 2.05) is 32.0 Å². The van der Waals surface area contributed by atoms with E-state index in [2.05, 4.69) is 17.9 Å². The molecule has 104 valence electrons. The second-order valence-corrected chi connectivity index (χ2v) is 5.68. The topological polar surface area (TPSA) is 29.5 Å². The van der Waals surface area contributed by atoms with Crippen LogP contribution < -0.4 is 0 Å². The van der Waals surface area contributed by atoms with Gasteiger partial charge in [0.25, 0.3) is 0 Å². The molecule has 0 N–H and O–H groups in total. The Balaban J connectivity index is 2.08. The van der Waals surface area contributed by atoms with Crippen LogP contribution in [-0.4, -0.2) is 42.5 Å². The van der Waals surface area contributed by atoms with Crippen LogP contribution in [0.1, 0.15) is 25.0 Å². The summed E-state index contributed by atoms with van der Waals surface area (Å²) < 4.78 is 5.36. The first-order valence-corrected chi connectivity index (χ1v) is 6.92. The maximum absolute atomic E-state index is 12.6. The van der Waals surface area contributed by atoms with Crippen molar-refractivity contribution in [2.75, 3.05) is 26.3 Å². The van der Waals surface area contributed by atoms with Gasteiger partial charge in [0.1, 0.15) is 0 Å². The molecule has 1 saturated heterocycles. The Labute approximate surface area is 115 Å². The van der Waals surface area contributed by atoms with Crippen molar-refractivity contribution >= 4 is 5.78 Å². The van der Waals surface area contributed by atoms with Crippen molar-refractivity contribution in [2.24, 2.45) is 0 Å². The van der Waals surface area contributed by atoms with Crippen molar-refractivity contribution in [3.05, 3.63) is 35.4 Å². The summed E-state index contributed by atoms with van der Waals surface area (Å²) in [7, 11) is 0. The highest BCUT2D eigenvalue weighted by molar-refractivity contribution is 5.89. The van der Waals surface area contributed by atoms with E-state index in [0.717, 1.165) is 31.9 Å². The predicted octanol–water partition coefficient (Wildman–Crippen LogP) is 2.22. The van der Waals surface area contributed by atoms with Crippen LogP contribution in [0.15, 0.2) is 24.3 Å². The number of hydrogen-bond donors (Lipinski definition) is 0. The Bertz CT molecular complexity index is 448. The fraction of sp³-hybridized carbons (Fsp3) is 0.562. The number of benzene rings is 1. The van der Waals surface area contributed by atoms with Crippen LogP contribution in [0, 0.1) is 6.92 Å². The Morgan fingerprint density at radius 2 is 1.89 bits per heavy atom. The summed E-state index contributed by atoms with van der Waals surface area (Å²) in [5.74, 6) is 0.281. The molecule has 19 heavy (non-hydrogen) atoms. The summed E-state index contributed by atoms with van der Waals surface area (Å²) >= 11 is 0. The first-order chi connectivity index (χ1) is 9.01. The molecule has 0 spiro atoms. The Morgan fingerprint density at radius 1 is 1.26 bits per heavy atom. The van der Waals surface area contributed by atoms with Crippen LogP contribution in [0.25, 0.3) is 0 Å². The van der Waals surface area contributed by atoms with Gasteiger partial charge >= 0.3 is 0 Å². The predicted molar refractivity (Wildman–Crippen MR) is 76.4 cm³/mol. The average Bonchev–Trinajstić information content (AvgIpc) is 2.42. The van der Waals surface area contributed by atoms with Crippen LogP contribution in [-0.2, 0) is 16.0 Å². The van der Waals surface area contributed by atoms with Gasteiger partial charge in [-0.1, -0.05) is 24.3 Å². The maximum atomic E-state index is 12.6. The van der Waals surface area contributed by atoms with Crippen molar-refractivity contribution in [2.45, 2.75) is 32.7 Å². The summed E-state index contributed by atoms with van der Waals surface area (Å²) in [5.41, 5.74) is 1.91. The lowest BCUT2D eigenvalue weighted by atomic mass is 9.90. The summed E-state index contributed by atoms with van der Waals surface area (Å²) in [6.45, 7) is 9.24. The van der Waals surface area contributed by atoms with Crippen LogP contribution in [0.2, 0.25) is 0 Å². The van der Waals surface area contributed by atoms with Gasteiger partial charge in [0.15, 0.2) is 5.78 Å². The van der Waals surface area contributed by atoms with E-state index < -0.39 is 5.54 Å². The van der Waals surface area contributed by atoms with Gasteiger partial charge in [-0.25, -0.2) is 0 Å². The molecule has 0 unspecified atom stereocenters. The minimum absolute atomic E-state index is 0.281. The number of carbonyl (C=O) groups excluding carboxylic acids is 1. The van der Waals surface area contributed by atoms with E-state index in [4.69, 9.17) is 4.74 Å². The van der Waals surface area contributed by atoms with Crippen LogP contribution in [0.3, 0.4) is 0 Å². The molecule has 0 aromatic heterocycles. The second kappa shape index (κ2) is 5.85. The number of hydrogen-bond acceptors (Lipinski definition) is 3. The average molecular weight is 261 g/mol. The van der Waals surface area contributed by atoms with E-state index in [1.165, 1.54) is 5.56 Å². The summed E-state index contributed by atoms with van der Waals surface area (Å²) in [6, 6.07) is 8.11. The molecular formula is C16H23NO2. The van der Waals surface area contributed by atoms with E-state index in [1.54, 1.807) is 0 Å². The minimum Gasteiger partial charge on any atom is -0.379 e. The molecule has 1 aliphatic rings. The lowest BCUT2D eigenvalue weighted by molar-refractivity contribution is -0.131. The SMILES string of the molecule is Cc1ccccc1CC(=O)C(C)(C)N1CCOCC1. The molecule has 1 aromatic carbocycles. The van der Waals surface area contributed by atoms with Gasteiger partial charge < -0.3 is 4.74 Å². The number of carbonyl (C=O) groups is 1. The van der Waals surface area contributed by atoms with Crippen molar-refractivity contribution in [3.63, 3.8) is 0 Å². The van der Waals surface area contributed by atoms with Gasteiger partial charge in [0.2, 0.25) is 0 Å². The number of rotatable bonds is 4. The first-order valence-electron chi connectivity index (χ1n) is 6.92. The van der Waals surface area contributed by atoms with Crippen molar-refractivity contribution in [1.82, 2.24) is 4.90 Å². The zero-order chi connectivity index (χ0) is 13.9. The third-order valence-corrected chi connectivity index (χ3v) is 4.10. The lowest BCUT2D eigenvalue weighted by Crippen LogP contribution is -2.54. The monoisotopic (exact) mass is 261 g/mol. The highest BCUT2D eigenvalue weighted by atomic mass is 16.5. The van der Waals surface area contributed by atoms with Gasteiger partial charge in [-0.05, 0) is 31.9 Å². The molecular weight excluding hydrogens is 238 g/mol. The molecule has 3 nitrogen and oxygen atoms in total. The van der Waals surface area contributed by atoms with Crippen molar-refractivity contribution in [3.8, 4) is 0 Å². The van der Waals surface area contributed by atoms with Crippen LogP contribution >= 0.6 is 0 Å². The summed E-state index contributed by atoms with van der Waals surface area (Å²) in [5, 5.41) is 0. The Morgan fingerprint density at radius 3 is 2.53 bits per heavy atom. The van der Waals surface area contributed by atoms with E-state index in [-0.39, 0.29) is 5.78 Å². The summed E-state index contributed by atoms with van der Waals surface area (Å²) in [4.78, 5) is 14.8. The van der Waals surface area contributed by atoms with Crippen LogP contribution in [0.5, 0.6) is 0 Å². The van der Waals surface area contributed by atoms with Gasteiger partial charge in [-0.3, -0.25) is 9.69 Å². The molecule has 0 aliphatic carbocycles. The highest BCUT2D eigenvalue weighted by Crippen LogP contribution is 2.20. The number of Topliss-reactive ketones (excluding diaryl/α,β-unsaturated/α-hetero) is 1. The van der Waals surface area contributed by atoms with Gasteiger partial charge in [0, 0.05) is 19.5 Å². The second-order valence-electron chi connectivity index (χ2n) is 5.68. The molecule has 0 radical (unpaired) electrons. The van der Waals surface area contributed by atoms with E-state index in [9.17, 15) is 4.79 Å². The quantitative estimate of drug-likeness (QED) is 0.832. The zero-order valence-corrected chi connectivity index (χ0v) is 12.1. The highest BCUT2D eigenvalue weighted by Gasteiger charge is 2.34. The minimum atomic E-state index is -0.411. The van der Waals surface area contributed by atoms with Crippen molar-refractivity contribution in [1.29, 1.82) is 0 Å². The molecule has 1 aliphatic heterocycles. The molecule has 0 atom stereocenters. The standard InChI is InChI=1S/C16H23NO2/c1-13-6-4-5-7-14(13)12-15(18)16(2,3)17-8-10-19-11-9-17/h4-7H,8-12H2,1-3H3. The zero-order valence-electron chi connectivity index (χ0n) is 12.1. The third-order valence-electron chi connectivity index (χ3n) is 4.10. The third kappa shape index (κ3) is 3.23. The number of morpholine rings is 1. The Kier molecular flexibility index (Phi) is 4.38. The van der Waals surface area contributed by atoms with Gasteiger partial charge in [0.05, 0.1) is 18.8 Å². The molecule has 3 heteroatoms. The van der Waals surface area contributed by atoms with Gasteiger partial charge in [-0.2, -0.15) is 0 Å². The molecule has 1 aromatic rings. The molecule has 0 saturated carbocycles. The smallest absolute Gasteiger partial charge is 0.156 e. The molecule has 0 bridgehead atoms. The molecule has 1 fully saturated rings. The number of ketones is 1. The fourth-order valence-corrected chi connectivity index (χ4v) is 2.50. The number of aryl methyl sites for hydroxylation is 1. The maximum Gasteiger partial charge on any atom is 0.156 e. The summed E-state index contributed by atoms with van der Waals surface area (Å²) in [6.07, 6.45) is 0.511. The van der Waals surface area contributed by atoms with E-state index >= 15 is 0 Å². The largest absolute Gasteiger partial charge is 0.379 e. The number of nitrogens with zero attached hydrogens (tertiary/aromatic N) is 1. The van der Waals surface area contributed by atoms with Crippen molar-refractivity contribution < 1.29 is 9.53 Å². The normalized spacial score (nSPS) is 17.4. The molecule has 2 rings (SSSR count). The van der Waals surface area contributed by atoms with E-state index in [0.29, 0.717) is 6.42 Å². The number of ether oxygens (including phenoxy) is 1. The lowest BCUT2D eigenvalue weighted by Gasteiger charge is -2.39. The molecule has 0 amide bonds. The van der Waals surface area contributed by atoms with Gasteiger partial charge in [-0.15, -0.1) is 0 Å². The first kappa shape index (κ1) is 14.2. The fourth-order valence-electron chi connectivity index (χ4n) is 2.50.